The average molecular weight is 259 g/mol. The van der Waals surface area contributed by atoms with Crippen LogP contribution in [-0.4, -0.2) is 14.5 Å². The molecule has 2 aromatic rings. The van der Waals surface area contributed by atoms with Gasteiger partial charge >= 0.3 is 6.18 Å². The maximum Gasteiger partial charge on any atom is 0.449 e. The Balaban J connectivity index is 2.92. The van der Waals surface area contributed by atoms with Crippen LogP contribution < -0.4 is 5.56 Å². The molecule has 2 aromatic heterocycles. The second kappa shape index (κ2) is 3.86. The summed E-state index contributed by atoms with van der Waals surface area (Å²) in [5.41, 5.74) is -0.0994. The number of hydrogen-bond donors (Lipinski definition) is 1. The van der Waals surface area contributed by atoms with Crippen LogP contribution in [0.1, 0.15) is 31.4 Å². The van der Waals surface area contributed by atoms with Gasteiger partial charge in [0.05, 0.1) is 5.39 Å². The second-order valence-electron chi connectivity index (χ2n) is 4.42. The third kappa shape index (κ3) is 1.89. The van der Waals surface area contributed by atoms with Crippen molar-refractivity contribution >= 4 is 11.0 Å². The highest BCUT2D eigenvalue weighted by Crippen LogP contribution is 2.29. The molecular formula is C11H12F3N3O. The molecule has 0 spiro atoms. The van der Waals surface area contributed by atoms with E-state index >= 15 is 0 Å². The Morgan fingerprint density at radius 1 is 1.39 bits per heavy atom. The fraction of sp³-hybridized carbons (Fsp3) is 0.455. The van der Waals surface area contributed by atoms with E-state index < -0.39 is 23.6 Å². The van der Waals surface area contributed by atoms with E-state index in [1.54, 1.807) is 6.92 Å². The summed E-state index contributed by atoms with van der Waals surface area (Å²) in [4.78, 5) is 18.2. The molecule has 0 saturated carbocycles. The first kappa shape index (κ1) is 12.7. The number of aromatic nitrogens is 3. The number of fused-ring (bicyclic) bond motifs is 1. The van der Waals surface area contributed by atoms with Crippen LogP contribution in [0.4, 0.5) is 13.2 Å². The van der Waals surface area contributed by atoms with Gasteiger partial charge in [-0.2, -0.15) is 13.2 Å². The molecule has 0 saturated heterocycles. The highest BCUT2D eigenvalue weighted by atomic mass is 19.4. The van der Waals surface area contributed by atoms with Gasteiger partial charge in [-0.1, -0.05) is 0 Å². The minimum atomic E-state index is -4.66. The number of aryl methyl sites for hydroxylation is 1. The van der Waals surface area contributed by atoms with E-state index in [0.717, 1.165) is 0 Å². The molecule has 0 aliphatic heterocycles. The first-order valence-corrected chi connectivity index (χ1v) is 5.41. The molecule has 98 valence electrons. The molecule has 0 fully saturated rings. The van der Waals surface area contributed by atoms with Crippen molar-refractivity contribution in [2.75, 3.05) is 0 Å². The zero-order valence-corrected chi connectivity index (χ0v) is 10.1. The lowest BCUT2D eigenvalue weighted by molar-refractivity contribution is -0.148. The van der Waals surface area contributed by atoms with E-state index in [9.17, 15) is 18.0 Å². The summed E-state index contributed by atoms with van der Waals surface area (Å²) in [7, 11) is 0. The van der Waals surface area contributed by atoms with Gasteiger partial charge in [0.25, 0.3) is 5.56 Å². The van der Waals surface area contributed by atoms with Gasteiger partial charge < -0.3 is 4.98 Å². The Morgan fingerprint density at radius 3 is 2.50 bits per heavy atom. The molecule has 0 radical (unpaired) electrons. The van der Waals surface area contributed by atoms with Gasteiger partial charge in [-0.25, -0.2) is 4.98 Å². The molecule has 2 rings (SSSR count). The largest absolute Gasteiger partial charge is 0.449 e. The van der Waals surface area contributed by atoms with Crippen LogP contribution in [0.3, 0.4) is 0 Å². The maximum atomic E-state index is 12.9. The highest BCUT2D eigenvalue weighted by Gasteiger charge is 2.38. The maximum absolute atomic E-state index is 12.9. The molecule has 4 nitrogen and oxygen atoms in total. The first-order chi connectivity index (χ1) is 8.21. The predicted molar refractivity (Wildman–Crippen MR) is 60.5 cm³/mol. The Labute approximate surface area is 100 Å². The third-order valence-corrected chi connectivity index (χ3v) is 2.60. The van der Waals surface area contributed by atoms with E-state index in [0.29, 0.717) is 10.3 Å². The fourth-order valence-corrected chi connectivity index (χ4v) is 1.89. The SMILES string of the molecule is Cc1cc2c(=O)n(C(C)C)c(C(F)(F)F)nc2[nH]1. The lowest BCUT2D eigenvalue weighted by atomic mass is 10.3. The normalized spacial score (nSPS) is 12.6. The van der Waals surface area contributed by atoms with Gasteiger partial charge in [0.1, 0.15) is 5.65 Å². The van der Waals surface area contributed by atoms with Crippen molar-refractivity contribution < 1.29 is 13.2 Å². The Kier molecular flexibility index (Phi) is 2.71. The van der Waals surface area contributed by atoms with Gasteiger partial charge in [0.2, 0.25) is 5.82 Å². The molecular weight excluding hydrogens is 247 g/mol. The number of alkyl halides is 3. The fourth-order valence-electron chi connectivity index (χ4n) is 1.89. The van der Waals surface area contributed by atoms with Gasteiger partial charge in [-0.3, -0.25) is 9.36 Å². The lowest BCUT2D eigenvalue weighted by Crippen LogP contribution is -2.31. The summed E-state index contributed by atoms with van der Waals surface area (Å²) in [6.45, 7) is 4.70. The minimum absolute atomic E-state index is 0.0262. The van der Waals surface area contributed by atoms with Crippen molar-refractivity contribution in [3.63, 3.8) is 0 Å². The Bertz CT molecular complexity index is 652. The summed E-state index contributed by atoms with van der Waals surface area (Å²) < 4.78 is 39.3. The summed E-state index contributed by atoms with van der Waals surface area (Å²) in [5.74, 6) is -1.17. The van der Waals surface area contributed by atoms with Crippen LogP contribution in [0.25, 0.3) is 11.0 Å². The molecule has 0 amide bonds. The van der Waals surface area contributed by atoms with Crippen LogP contribution in [0.15, 0.2) is 10.9 Å². The molecule has 0 unspecified atom stereocenters. The number of H-pyrrole nitrogens is 1. The zero-order valence-electron chi connectivity index (χ0n) is 10.1. The number of nitrogens with one attached hydrogen (secondary N) is 1. The van der Waals surface area contributed by atoms with Crippen molar-refractivity contribution in [1.29, 1.82) is 0 Å². The van der Waals surface area contributed by atoms with Crippen LogP contribution in [0.2, 0.25) is 0 Å². The van der Waals surface area contributed by atoms with Gasteiger partial charge in [-0.15, -0.1) is 0 Å². The first-order valence-electron chi connectivity index (χ1n) is 5.41. The highest BCUT2D eigenvalue weighted by molar-refractivity contribution is 5.75. The molecule has 18 heavy (non-hydrogen) atoms. The van der Waals surface area contributed by atoms with Crippen molar-refractivity contribution in [2.45, 2.75) is 33.0 Å². The van der Waals surface area contributed by atoms with Crippen molar-refractivity contribution in [3.05, 3.63) is 27.9 Å². The van der Waals surface area contributed by atoms with E-state index in [2.05, 4.69) is 9.97 Å². The monoisotopic (exact) mass is 259 g/mol. The van der Waals surface area contributed by atoms with Crippen LogP contribution >= 0.6 is 0 Å². The quantitative estimate of drug-likeness (QED) is 0.855. The Morgan fingerprint density at radius 2 is 2.00 bits per heavy atom. The number of aromatic amines is 1. The number of halogens is 3. The van der Waals surface area contributed by atoms with Gasteiger partial charge in [0, 0.05) is 11.7 Å². The third-order valence-electron chi connectivity index (χ3n) is 2.60. The topological polar surface area (TPSA) is 50.7 Å². The minimum Gasteiger partial charge on any atom is -0.343 e. The Hall–Kier alpha value is -1.79. The molecule has 0 aromatic carbocycles. The van der Waals surface area contributed by atoms with Crippen molar-refractivity contribution in [2.24, 2.45) is 0 Å². The summed E-state index contributed by atoms with van der Waals surface area (Å²) >= 11 is 0. The molecule has 0 aliphatic rings. The average Bonchev–Trinajstić information content (AvgIpc) is 2.56. The van der Waals surface area contributed by atoms with Crippen molar-refractivity contribution in [3.8, 4) is 0 Å². The number of nitrogens with zero attached hydrogens (tertiary/aromatic N) is 2. The van der Waals surface area contributed by atoms with Crippen LogP contribution in [-0.2, 0) is 6.18 Å². The number of hydrogen-bond acceptors (Lipinski definition) is 2. The van der Waals surface area contributed by atoms with E-state index in [4.69, 9.17) is 0 Å². The summed E-state index contributed by atoms with van der Waals surface area (Å²) in [6, 6.07) is 0.894. The molecule has 0 bridgehead atoms. The van der Waals surface area contributed by atoms with Crippen molar-refractivity contribution in [1.82, 2.24) is 14.5 Å². The summed E-state index contributed by atoms with van der Waals surface area (Å²) in [6.07, 6.45) is -4.66. The van der Waals surface area contributed by atoms with Crippen LogP contribution in [0, 0.1) is 6.92 Å². The van der Waals surface area contributed by atoms with Gasteiger partial charge in [-0.05, 0) is 26.8 Å². The molecule has 0 atom stereocenters. The standard InChI is InChI=1S/C11H12F3N3O/c1-5(2)17-9(18)7-4-6(3)15-8(7)16-10(17)11(12,13)14/h4-5,15H,1-3H3. The van der Waals surface area contributed by atoms with E-state index in [1.165, 1.54) is 19.9 Å². The molecule has 1 N–H and O–H groups in total. The number of rotatable bonds is 1. The summed E-state index contributed by atoms with van der Waals surface area (Å²) in [5, 5.41) is 0.175. The smallest absolute Gasteiger partial charge is 0.343 e. The second-order valence-corrected chi connectivity index (χ2v) is 4.42. The predicted octanol–water partition coefficient (Wildman–Crippen LogP) is 2.63. The van der Waals surface area contributed by atoms with E-state index in [1.807, 2.05) is 0 Å². The molecule has 0 aliphatic carbocycles. The molecule has 2 heterocycles. The van der Waals surface area contributed by atoms with E-state index in [-0.39, 0.29) is 11.0 Å². The van der Waals surface area contributed by atoms with Crippen LogP contribution in [0.5, 0.6) is 0 Å². The van der Waals surface area contributed by atoms with Gasteiger partial charge in [0.15, 0.2) is 0 Å². The molecule has 7 heteroatoms. The zero-order chi connectivity index (χ0) is 13.7. The lowest BCUT2D eigenvalue weighted by Gasteiger charge is -2.17.